The summed E-state index contributed by atoms with van der Waals surface area (Å²) in [6.07, 6.45) is 1.05. The van der Waals surface area contributed by atoms with Crippen LogP contribution in [-0.2, 0) is 9.22 Å². The van der Waals surface area contributed by atoms with E-state index in [-0.39, 0.29) is 16.0 Å². The fourth-order valence-corrected chi connectivity index (χ4v) is 8.49. The van der Waals surface area contributed by atoms with Gasteiger partial charge in [-0.3, -0.25) is 0 Å². The largest absolute Gasteiger partial charge is 0.515 e. The first-order chi connectivity index (χ1) is 7.89. The van der Waals surface area contributed by atoms with Crippen LogP contribution in [0.2, 0.25) is 16.1 Å². The van der Waals surface area contributed by atoms with E-state index in [0.29, 0.717) is 5.57 Å². The fraction of sp³-hybridized carbons (Fsp3) is 0.800. The highest BCUT2D eigenvalue weighted by molar-refractivity contribution is 6.80. The average molecular weight is 270 g/mol. The number of hydrogen-bond donors (Lipinski definition) is 0. The van der Waals surface area contributed by atoms with Gasteiger partial charge in [-0.15, -0.1) is 0 Å². The van der Waals surface area contributed by atoms with Gasteiger partial charge < -0.3 is 4.43 Å². The first-order valence-corrected chi connectivity index (χ1v) is 8.89. The predicted octanol–water partition coefficient (Wildman–Crippen LogP) is 5.06. The van der Waals surface area contributed by atoms with E-state index in [9.17, 15) is 4.79 Å². The summed E-state index contributed by atoms with van der Waals surface area (Å²) < 4.78 is 6.07. The van der Waals surface area contributed by atoms with Crippen molar-refractivity contribution in [3.05, 3.63) is 12.2 Å². The van der Waals surface area contributed by atoms with Gasteiger partial charge in [0.2, 0.25) is 0 Å². The highest BCUT2D eigenvalue weighted by Gasteiger charge is 2.56. The van der Waals surface area contributed by atoms with E-state index >= 15 is 0 Å². The van der Waals surface area contributed by atoms with Gasteiger partial charge >= 0.3 is 5.97 Å². The molecule has 0 saturated carbocycles. The zero-order valence-electron chi connectivity index (χ0n) is 13.4. The molecular formula is C15H30O2Si. The Morgan fingerprint density at radius 1 is 1.11 bits per heavy atom. The fourth-order valence-electron chi connectivity index (χ4n) is 2.83. The van der Waals surface area contributed by atoms with Gasteiger partial charge in [-0.1, -0.05) is 61.5 Å². The predicted molar refractivity (Wildman–Crippen MR) is 81.2 cm³/mol. The molecule has 0 aliphatic heterocycles. The van der Waals surface area contributed by atoms with Gasteiger partial charge in [0.1, 0.15) is 0 Å². The first kappa shape index (κ1) is 17.4. The summed E-state index contributed by atoms with van der Waals surface area (Å²) in [7, 11) is -2.23. The van der Waals surface area contributed by atoms with Crippen LogP contribution < -0.4 is 0 Å². The van der Waals surface area contributed by atoms with Gasteiger partial charge in [0.15, 0.2) is 0 Å². The molecule has 0 radical (unpaired) electrons. The minimum Gasteiger partial charge on any atom is -0.515 e. The SMILES string of the molecule is C=C(C)C(=O)O[Si](CCC)(C(C)(C)C)C(C)(C)C. The maximum atomic E-state index is 12.0. The second-order valence-electron chi connectivity index (χ2n) is 7.25. The lowest BCUT2D eigenvalue weighted by Gasteiger charge is -2.49. The Bertz CT molecular complexity index is 304. The molecule has 3 heteroatoms. The van der Waals surface area contributed by atoms with Gasteiger partial charge in [-0.05, 0) is 23.0 Å². The second kappa shape index (κ2) is 5.60. The molecule has 0 saturated heterocycles. The number of carbonyl (C=O) groups is 1. The molecule has 0 unspecified atom stereocenters. The summed E-state index contributed by atoms with van der Waals surface area (Å²) >= 11 is 0. The van der Waals surface area contributed by atoms with Crippen molar-refractivity contribution in [3.63, 3.8) is 0 Å². The highest BCUT2D eigenvalue weighted by Crippen LogP contribution is 2.54. The zero-order valence-corrected chi connectivity index (χ0v) is 14.4. The zero-order chi connectivity index (χ0) is 14.8. The molecule has 0 spiro atoms. The highest BCUT2D eigenvalue weighted by atomic mass is 28.4. The molecule has 0 bridgehead atoms. The Morgan fingerprint density at radius 2 is 1.50 bits per heavy atom. The minimum absolute atomic E-state index is 0.0202. The summed E-state index contributed by atoms with van der Waals surface area (Å²) in [5.74, 6) is -0.222. The van der Waals surface area contributed by atoms with Gasteiger partial charge in [-0.2, -0.15) is 0 Å². The lowest BCUT2D eigenvalue weighted by atomic mass is 10.2. The summed E-state index contributed by atoms with van der Waals surface area (Å²) in [6.45, 7) is 20.8. The topological polar surface area (TPSA) is 26.3 Å². The molecule has 0 aromatic carbocycles. The number of carbonyl (C=O) groups excluding carboxylic acids is 1. The van der Waals surface area contributed by atoms with Crippen molar-refractivity contribution in [2.75, 3.05) is 0 Å². The van der Waals surface area contributed by atoms with Crippen molar-refractivity contribution in [2.45, 2.75) is 77.9 Å². The van der Waals surface area contributed by atoms with Crippen molar-refractivity contribution >= 4 is 14.3 Å². The Balaban J connectivity index is 5.64. The molecule has 18 heavy (non-hydrogen) atoms. The van der Waals surface area contributed by atoms with Crippen LogP contribution >= 0.6 is 0 Å². The van der Waals surface area contributed by atoms with Gasteiger partial charge in [-0.25, -0.2) is 4.79 Å². The van der Waals surface area contributed by atoms with Gasteiger partial charge in [0.25, 0.3) is 8.32 Å². The lowest BCUT2D eigenvalue weighted by molar-refractivity contribution is -0.131. The average Bonchev–Trinajstić information content (AvgIpc) is 2.12. The van der Waals surface area contributed by atoms with E-state index in [4.69, 9.17) is 4.43 Å². The van der Waals surface area contributed by atoms with Crippen LogP contribution in [0.4, 0.5) is 0 Å². The Morgan fingerprint density at radius 3 is 1.72 bits per heavy atom. The molecular weight excluding hydrogens is 240 g/mol. The lowest BCUT2D eigenvalue weighted by Crippen LogP contribution is -2.55. The molecule has 0 aliphatic rings. The quantitative estimate of drug-likeness (QED) is 0.527. The molecule has 0 aromatic heterocycles. The maximum Gasteiger partial charge on any atom is 0.319 e. The summed E-state index contributed by atoms with van der Waals surface area (Å²) in [5.41, 5.74) is 0.497. The molecule has 0 N–H and O–H groups in total. The third-order valence-corrected chi connectivity index (χ3v) is 10.2. The monoisotopic (exact) mass is 270 g/mol. The Hall–Kier alpha value is -0.573. The number of rotatable bonds is 4. The van der Waals surface area contributed by atoms with E-state index < -0.39 is 8.32 Å². The van der Waals surface area contributed by atoms with Crippen LogP contribution in [0.5, 0.6) is 0 Å². The van der Waals surface area contributed by atoms with Crippen molar-refractivity contribution in [1.29, 1.82) is 0 Å². The van der Waals surface area contributed by atoms with E-state index in [1.165, 1.54) is 0 Å². The van der Waals surface area contributed by atoms with Crippen LogP contribution in [0.3, 0.4) is 0 Å². The summed E-state index contributed by atoms with van der Waals surface area (Å²) in [6, 6.07) is 0.999. The molecule has 2 nitrogen and oxygen atoms in total. The van der Waals surface area contributed by atoms with E-state index in [2.05, 4.69) is 55.0 Å². The molecule has 0 fully saturated rings. The molecule has 0 rings (SSSR count). The summed E-state index contributed by atoms with van der Waals surface area (Å²) in [4.78, 5) is 12.0. The van der Waals surface area contributed by atoms with Gasteiger partial charge in [0, 0.05) is 5.57 Å². The van der Waals surface area contributed by atoms with Crippen LogP contribution in [0, 0.1) is 0 Å². The normalized spacial score (nSPS) is 13.3. The van der Waals surface area contributed by atoms with E-state index in [1.807, 2.05) is 0 Å². The maximum absolute atomic E-state index is 12.0. The molecule has 0 heterocycles. The number of hydrogen-bond acceptors (Lipinski definition) is 2. The van der Waals surface area contributed by atoms with E-state index in [0.717, 1.165) is 12.5 Å². The first-order valence-electron chi connectivity index (χ1n) is 6.78. The standard InChI is InChI=1S/C15H30O2Si/c1-10-11-18(14(4,5)6,15(7,8)9)17-13(16)12(2)3/h2,10-11H2,1,3-9H3. The molecule has 106 valence electrons. The van der Waals surface area contributed by atoms with Crippen LogP contribution in [0.1, 0.15) is 61.8 Å². The van der Waals surface area contributed by atoms with Crippen molar-refractivity contribution in [2.24, 2.45) is 0 Å². The third kappa shape index (κ3) is 3.47. The van der Waals surface area contributed by atoms with Crippen molar-refractivity contribution in [3.8, 4) is 0 Å². The van der Waals surface area contributed by atoms with E-state index in [1.54, 1.807) is 6.92 Å². The molecule has 0 amide bonds. The van der Waals surface area contributed by atoms with Crippen LogP contribution in [-0.4, -0.2) is 14.3 Å². The molecule has 0 atom stereocenters. The minimum atomic E-state index is -2.23. The van der Waals surface area contributed by atoms with Crippen molar-refractivity contribution in [1.82, 2.24) is 0 Å². The van der Waals surface area contributed by atoms with Gasteiger partial charge in [0.05, 0.1) is 0 Å². The molecule has 0 aliphatic carbocycles. The smallest absolute Gasteiger partial charge is 0.319 e. The Kier molecular flexibility index (Phi) is 5.42. The van der Waals surface area contributed by atoms with Crippen molar-refractivity contribution < 1.29 is 9.22 Å². The van der Waals surface area contributed by atoms with Crippen LogP contribution in [0.25, 0.3) is 0 Å². The third-order valence-electron chi connectivity index (χ3n) is 3.64. The second-order valence-corrected chi connectivity index (χ2v) is 12.6. The molecule has 0 aromatic rings. The summed E-state index contributed by atoms with van der Waals surface area (Å²) in [5, 5.41) is 0.0404. The van der Waals surface area contributed by atoms with Crippen LogP contribution in [0.15, 0.2) is 12.2 Å². The Labute approximate surface area is 114 Å².